The van der Waals surface area contributed by atoms with Crippen LogP contribution in [0.5, 0.6) is 5.75 Å². The van der Waals surface area contributed by atoms with Crippen LogP contribution in [0.1, 0.15) is 28.8 Å². The first-order valence-electron chi connectivity index (χ1n) is 8.89. The Labute approximate surface area is 164 Å². The molecule has 1 fully saturated rings. The van der Waals surface area contributed by atoms with Gasteiger partial charge in [-0.1, -0.05) is 12.1 Å². The molecule has 7 nitrogen and oxygen atoms in total. The van der Waals surface area contributed by atoms with Crippen LogP contribution in [0.15, 0.2) is 42.5 Å². The fraction of sp³-hybridized carbons (Fsp3) is 0.316. The Balaban J connectivity index is 1.55. The third kappa shape index (κ3) is 6.09. The number of alkyl halides is 3. The molecule has 3 rings (SSSR count). The van der Waals surface area contributed by atoms with Gasteiger partial charge >= 0.3 is 6.36 Å². The number of nitro groups is 1. The summed E-state index contributed by atoms with van der Waals surface area (Å²) in [6.07, 6.45) is -2.45. The number of carbonyl (C=O) groups excluding carboxylic acids is 1. The van der Waals surface area contributed by atoms with Gasteiger partial charge in [0.15, 0.2) is 0 Å². The van der Waals surface area contributed by atoms with Crippen LogP contribution in [0.3, 0.4) is 0 Å². The van der Waals surface area contributed by atoms with E-state index in [4.69, 9.17) is 0 Å². The largest absolute Gasteiger partial charge is 0.573 e. The molecule has 2 aromatic carbocycles. The highest BCUT2D eigenvalue weighted by atomic mass is 19.4. The Kier molecular flexibility index (Phi) is 5.90. The van der Waals surface area contributed by atoms with Crippen molar-refractivity contribution in [2.75, 3.05) is 11.9 Å². The molecule has 1 saturated carbocycles. The van der Waals surface area contributed by atoms with Gasteiger partial charge in [0.25, 0.3) is 11.6 Å². The molecule has 1 aliphatic rings. The quantitative estimate of drug-likeness (QED) is 0.507. The molecule has 0 radical (unpaired) electrons. The fourth-order valence-electron chi connectivity index (χ4n) is 2.67. The molecule has 1 aliphatic carbocycles. The number of benzene rings is 2. The lowest BCUT2D eigenvalue weighted by atomic mass is 10.1. The summed E-state index contributed by atoms with van der Waals surface area (Å²) in [5.41, 5.74) is 1.08. The minimum absolute atomic E-state index is 0.159. The van der Waals surface area contributed by atoms with Gasteiger partial charge in [-0.3, -0.25) is 14.9 Å². The summed E-state index contributed by atoms with van der Waals surface area (Å²) in [7, 11) is 0. The number of nitro benzene ring substituents is 1. The van der Waals surface area contributed by atoms with Crippen LogP contribution in [0, 0.1) is 10.1 Å². The lowest BCUT2D eigenvalue weighted by molar-refractivity contribution is -0.384. The summed E-state index contributed by atoms with van der Waals surface area (Å²) in [5.74, 6) is -0.791. The number of hydrogen-bond acceptors (Lipinski definition) is 5. The molecule has 10 heteroatoms. The topological polar surface area (TPSA) is 93.5 Å². The van der Waals surface area contributed by atoms with Crippen molar-refractivity contribution in [3.63, 3.8) is 0 Å². The number of nitrogens with zero attached hydrogens (tertiary/aromatic N) is 1. The highest BCUT2D eigenvalue weighted by molar-refractivity contribution is 5.95. The van der Waals surface area contributed by atoms with Gasteiger partial charge in [0, 0.05) is 24.2 Å². The molecule has 0 heterocycles. The van der Waals surface area contributed by atoms with E-state index in [2.05, 4.69) is 15.4 Å². The van der Waals surface area contributed by atoms with Crippen molar-refractivity contribution in [2.45, 2.75) is 31.7 Å². The Morgan fingerprint density at radius 3 is 2.45 bits per heavy atom. The maximum Gasteiger partial charge on any atom is 0.573 e. The summed E-state index contributed by atoms with van der Waals surface area (Å²) < 4.78 is 40.2. The van der Waals surface area contributed by atoms with Gasteiger partial charge in [0.1, 0.15) is 11.4 Å². The van der Waals surface area contributed by atoms with Gasteiger partial charge in [-0.05, 0) is 49.1 Å². The zero-order valence-electron chi connectivity index (χ0n) is 15.2. The number of halogens is 3. The maximum atomic E-state index is 12.3. The third-order valence-electron chi connectivity index (χ3n) is 4.25. The molecule has 2 N–H and O–H groups in total. The zero-order chi connectivity index (χ0) is 21.0. The molecule has 2 aromatic rings. The molecule has 0 saturated heterocycles. The van der Waals surface area contributed by atoms with Crippen LogP contribution in [-0.2, 0) is 6.42 Å². The van der Waals surface area contributed by atoms with E-state index in [0.717, 1.165) is 12.8 Å². The third-order valence-corrected chi connectivity index (χ3v) is 4.25. The van der Waals surface area contributed by atoms with Crippen LogP contribution in [0.25, 0.3) is 0 Å². The number of ether oxygens (including phenoxy) is 1. The van der Waals surface area contributed by atoms with Gasteiger partial charge in [0.2, 0.25) is 0 Å². The van der Waals surface area contributed by atoms with Crippen LogP contribution in [-0.4, -0.2) is 29.8 Å². The number of carbonyl (C=O) groups is 1. The second-order valence-corrected chi connectivity index (χ2v) is 6.61. The molecule has 154 valence electrons. The first-order chi connectivity index (χ1) is 13.7. The van der Waals surface area contributed by atoms with Gasteiger partial charge < -0.3 is 15.4 Å². The van der Waals surface area contributed by atoms with Crippen molar-refractivity contribution in [3.05, 3.63) is 63.7 Å². The van der Waals surface area contributed by atoms with Crippen LogP contribution < -0.4 is 15.4 Å². The minimum atomic E-state index is -4.75. The van der Waals surface area contributed by atoms with Crippen LogP contribution in [0.4, 0.5) is 24.5 Å². The predicted octanol–water partition coefficient (Wildman–Crippen LogP) is 4.04. The lowest BCUT2D eigenvalue weighted by Gasteiger charge is -2.10. The Bertz CT molecular complexity index is 897. The number of hydrogen-bond donors (Lipinski definition) is 2. The number of rotatable bonds is 8. The highest BCUT2D eigenvalue weighted by Gasteiger charge is 2.31. The van der Waals surface area contributed by atoms with Crippen molar-refractivity contribution in [1.29, 1.82) is 0 Å². The molecule has 0 atom stereocenters. The van der Waals surface area contributed by atoms with Gasteiger partial charge in [-0.15, -0.1) is 13.2 Å². The molecular weight excluding hydrogens is 391 g/mol. The van der Waals surface area contributed by atoms with Gasteiger partial charge in [-0.25, -0.2) is 0 Å². The monoisotopic (exact) mass is 409 g/mol. The standard InChI is InChI=1S/C19H18F3N3O4/c20-19(21,22)29-15-6-1-12(2-7-15)9-10-23-18(26)13-3-8-16(24-14-4-5-14)17(11-13)25(27)28/h1-3,6-8,11,14,24H,4-5,9-10H2,(H,23,26). The van der Waals surface area contributed by atoms with E-state index in [9.17, 15) is 28.1 Å². The second-order valence-electron chi connectivity index (χ2n) is 6.61. The van der Waals surface area contributed by atoms with E-state index >= 15 is 0 Å². The summed E-state index contributed by atoms with van der Waals surface area (Å²) in [6.45, 7) is 0.216. The van der Waals surface area contributed by atoms with E-state index in [1.807, 2.05) is 0 Å². The highest BCUT2D eigenvalue weighted by Crippen LogP contribution is 2.31. The summed E-state index contributed by atoms with van der Waals surface area (Å²) in [4.78, 5) is 23.0. The zero-order valence-corrected chi connectivity index (χ0v) is 15.2. The minimum Gasteiger partial charge on any atom is -0.406 e. The SMILES string of the molecule is O=C(NCCc1ccc(OC(F)(F)F)cc1)c1ccc(NC2CC2)c([N+](=O)[O-])c1. The smallest absolute Gasteiger partial charge is 0.406 e. The Morgan fingerprint density at radius 1 is 1.17 bits per heavy atom. The lowest BCUT2D eigenvalue weighted by Crippen LogP contribution is -2.25. The molecule has 0 spiro atoms. The molecule has 29 heavy (non-hydrogen) atoms. The van der Waals surface area contributed by atoms with Crippen LogP contribution >= 0.6 is 0 Å². The number of nitrogens with one attached hydrogen (secondary N) is 2. The first kappa shape index (κ1) is 20.4. The second kappa shape index (κ2) is 8.38. The average molecular weight is 409 g/mol. The van der Waals surface area contributed by atoms with Gasteiger partial charge in [0.05, 0.1) is 4.92 Å². The first-order valence-corrected chi connectivity index (χ1v) is 8.89. The molecule has 1 amide bonds. The van der Waals surface area contributed by atoms with Crippen molar-refractivity contribution in [2.24, 2.45) is 0 Å². The summed E-state index contributed by atoms with van der Waals surface area (Å²) in [5, 5.41) is 17.0. The predicted molar refractivity (Wildman–Crippen MR) is 98.9 cm³/mol. The molecule has 0 bridgehead atoms. The Hall–Kier alpha value is -3.30. The van der Waals surface area contributed by atoms with E-state index in [-0.39, 0.29) is 29.6 Å². The van der Waals surface area contributed by atoms with Crippen molar-refractivity contribution < 1.29 is 27.6 Å². The average Bonchev–Trinajstić information content (AvgIpc) is 3.46. The van der Waals surface area contributed by atoms with E-state index in [1.54, 1.807) is 0 Å². The van der Waals surface area contributed by atoms with Gasteiger partial charge in [-0.2, -0.15) is 0 Å². The Morgan fingerprint density at radius 2 is 1.86 bits per heavy atom. The molecular formula is C19H18F3N3O4. The van der Waals surface area contributed by atoms with Crippen molar-refractivity contribution >= 4 is 17.3 Å². The molecule has 0 aliphatic heterocycles. The van der Waals surface area contributed by atoms with Crippen LogP contribution in [0.2, 0.25) is 0 Å². The van der Waals surface area contributed by atoms with Crippen molar-refractivity contribution in [3.8, 4) is 5.75 Å². The fourth-order valence-corrected chi connectivity index (χ4v) is 2.67. The summed E-state index contributed by atoms with van der Waals surface area (Å²) in [6, 6.07) is 9.82. The van der Waals surface area contributed by atoms with E-state index in [1.165, 1.54) is 42.5 Å². The summed E-state index contributed by atoms with van der Waals surface area (Å²) >= 11 is 0. The normalized spacial score (nSPS) is 13.6. The van der Waals surface area contributed by atoms with E-state index < -0.39 is 17.2 Å². The van der Waals surface area contributed by atoms with E-state index in [0.29, 0.717) is 17.7 Å². The van der Waals surface area contributed by atoms with Crippen molar-refractivity contribution in [1.82, 2.24) is 5.32 Å². The molecule has 0 aromatic heterocycles. The number of anilines is 1. The molecule has 0 unspecified atom stereocenters. The number of amides is 1. The maximum absolute atomic E-state index is 12.3.